The van der Waals surface area contributed by atoms with Gasteiger partial charge in [0, 0.05) is 16.8 Å². The number of hydrogen-bond acceptors (Lipinski definition) is 4. The van der Waals surface area contributed by atoms with Gasteiger partial charge in [0.1, 0.15) is 6.54 Å². The fourth-order valence-electron chi connectivity index (χ4n) is 3.30. The van der Waals surface area contributed by atoms with Crippen LogP contribution in [0.3, 0.4) is 0 Å². The maximum absolute atomic E-state index is 12.5. The molecule has 5 heteroatoms. The lowest BCUT2D eigenvalue weighted by molar-refractivity contribution is -0.904. The Morgan fingerprint density at radius 1 is 1.14 bits per heavy atom. The number of ketones is 2. The van der Waals surface area contributed by atoms with Gasteiger partial charge in [-0.3, -0.25) is 9.59 Å². The van der Waals surface area contributed by atoms with Crippen molar-refractivity contribution in [3.05, 3.63) is 46.7 Å². The number of nitrogens with one attached hydrogen (secondary N) is 1. The average molecular weight is 301 g/mol. The van der Waals surface area contributed by atoms with E-state index in [4.69, 9.17) is 5.11 Å². The van der Waals surface area contributed by atoms with E-state index in [9.17, 15) is 9.59 Å². The minimum absolute atomic E-state index is 0.150. The summed E-state index contributed by atoms with van der Waals surface area (Å²) >= 11 is 0. The Bertz CT molecular complexity index is 606. The molecule has 0 unspecified atom stereocenters. The Balaban J connectivity index is 1.83. The molecule has 22 heavy (non-hydrogen) atoms. The van der Waals surface area contributed by atoms with Crippen molar-refractivity contribution < 1.29 is 19.6 Å². The van der Waals surface area contributed by atoms with Crippen molar-refractivity contribution in [2.45, 2.75) is 6.92 Å². The van der Waals surface area contributed by atoms with Crippen molar-refractivity contribution in [3.8, 4) is 0 Å². The summed E-state index contributed by atoms with van der Waals surface area (Å²) in [5, 5.41) is 9.00. The number of rotatable bonds is 3. The molecule has 3 rings (SSSR count). The molecular formula is C17H21N2O3+. The molecule has 0 saturated carbocycles. The first-order chi connectivity index (χ1) is 10.6. The van der Waals surface area contributed by atoms with E-state index in [1.165, 1.54) is 4.90 Å². The fourth-order valence-corrected chi connectivity index (χ4v) is 3.30. The number of Topliss-reactive ketones (excluding diaryl/α,β-unsaturated/α-hetero) is 2. The second-order valence-electron chi connectivity index (χ2n) is 5.87. The van der Waals surface area contributed by atoms with Gasteiger partial charge in [0.15, 0.2) is 11.6 Å². The highest BCUT2D eigenvalue weighted by molar-refractivity contribution is 6.39. The number of quaternary nitrogens is 1. The lowest BCUT2D eigenvalue weighted by atomic mass is 10.1. The normalized spacial score (nSPS) is 18.8. The predicted molar refractivity (Wildman–Crippen MR) is 82.0 cm³/mol. The first-order valence-electron chi connectivity index (χ1n) is 7.72. The summed E-state index contributed by atoms with van der Waals surface area (Å²) in [7, 11) is 0. The van der Waals surface area contributed by atoms with Gasteiger partial charge in [0.25, 0.3) is 0 Å². The number of piperazine rings is 1. The summed E-state index contributed by atoms with van der Waals surface area (Å²) in [5.74, 6) is -0.300. The van der Waals surface area contributed by atoms with Gasteiger partial charge in [0.2, 0.25) is 0 Å². The molecule has 0 amide bonds. The average Bonchev–Trinajstić information content (AvgIpc) is 2.80. The number of fused-ring (bicyclic) bond motifs is 1. The summed E-state index contributed by atoms with van der Waals surface area (Å²) in [6, 6.07) is 7.02. The maximum Gasteiger partial charge on any atom is 0.199 e. The van der Waals surface area contributed by atoms with Crippen LogP contribution in [0.25, 0.3) is 0 Å². The van der Waals surface area contributed by atoms with Gasteiger partial charge in [-0.2, -0.15) is 0 Å². The van der Waals surface area contributed by atoms with Crippen LogP contribution >= 0.6 is 0 Å². The third kappa shape index (κ3) is 2.46. The molecule has 0 atom stereocenters. The van der Waals surface area contributed by atoms with Crippen molar-refractivity contribution in [2.24, 2.45) is 0 Å². The van der Waals surface area contributed by atoms with Crippen LogP contribution in [-0.2, 0) is 0 Å². The zero-order valence-electron chi connectivity index (χ0n) is 12.8. The van der Waals surface area contributed by atoms with Crippen molar-refractivity contribution in [1.29, 1.82) is 0 Å². The number of allylic oxidation sites excluding steroid dienone is 2. The molecule has 0 spiro atoms. The van der Waals surface area contributed by atoms with Crippen LogP contribution in [0.15, 0.2) is 35.5 Å². The number of carbonyl (C=O) groups excluding carboxylic acids is 2. The third-order valence-electron chi connectivity index (χ3n) is 4.64. The fraction of sp³-hybridized carbons (Fsp3) is 0.412. The first kappa shape index (κ1) is 14.9. The Morgan fingerprint density at radius 3 is 2.18 bits per heavy atom. The number of hydrogen-bond donors (Lipinski definition) is 2. The van der Waals surface area contributed by atoms with Crippen molar-refractivity contribution in [2.75, 3.05) is 39.3 Å². The summed E-state index contributed by atoms with van der Waals surface area (Å²) in [6.07, 6.45) is 0. The van der Waals surface area contributed by atoms with Crippen LogP contribution in [0.5, 0.6) is 0 Å². The molecule has 5 nitrogen and oxygen atoms in total. The van der Waals surface area contributed by atoms with E-state index in [0.29, 0.717) is 16.7 Å². The summed E-state index contributed by atoms with van der Waals surface area (Å²) in [5.41, 5.74) is 2.15. The number of carbonyl (C=O) groups is 2. The number of aliphatic hydroxyl groups is 1. The minimum atomic E-state index is -0.150. The zero-order valence-corrected chi connectivity index (χ0v) is 12.8. The van der Waals surface area contributed by atoms with Crippen LogP contribution in [0.1, 0.15) is 27.6 Å². The molecule has 0 aromatic heterocycles. The second-order valence-corrected chi connectivity index (χ2v) is 5.87. The Hall–Kier alpha value is -1.98. The quantitative estimate of drug-likeness (QED) is 0.585. The maximum atomic E-state index is 12.5. The standard InChI is InChI=1S/C17H20N2O3/c1-12(19-8-6-18(7-9-19)10-11-20)15-16(21)13-4-2-3-5-14(13)17(15)22/h2-5,20H,6-11H2,1H3/p+1. The van der Waals surface area contributed by atoms with Crippen LogP contribution in [0.2, 0.25) is 0 Å². The molecule has 1 saturated heterocycles. The number of nitrogens with zero attached hydrogens (tertiary/aromatic N) is 1. The second kappa shape index (κ2) is 6.02. The summed E-state index contributed by atoms with van der Waals surface area (Å²) in [4.78, 5) is 28.5. The van der Waals surface area contributed by atoms with E-state index in [0.717, 1.165) is 38.4 Å². The molecule has 1 fully saturated rings. The smallest absolute Gasteiger partial charge is 0.199 e. The van der Waals surface area contributed by atoms with E-state index in [-0.39, 0.29) is 18.2 Å². The van der Waals surface area contributed by atoms with Gasteiger partial charge in [-0.25, -0.2) is 0 Å². The van der Waals surface area contributed by atoms with Crippen LogP contribution in [-0.4, -0.2) is 60.9 Å². The van der Waals surface area contributed by atoms with Crippen LogP contribution in [0, 0.1) is 0 Å². The van der Waals surface area contributed by atoms with Crippen molar-refractivity contribution in [3.63, 3.8) is 0 Å². The SMILES string of the molecule is CC(=C1C(=O)c2ccccc2C1=O)N1CC[NH+](CCO)CC1. The first-order valence-corrected chi connectivity index (χ1v) is 7.72. The van der Waals surface area contributed by atoms with E-state index in [2.05, 4.69) is 4.90 Å². The Morgan fingerprint density at radius 2 is 1.68 bits per heavy atom. The minimum Gasteiger partial charge on any atom is -0.391 e. The molecular weight excluding hydrogens is 280 g/mol. The van der Waals surface area contributed by atoms with E-state index in [1.54, 1.807) is 24.3 Å². The van der Waals surface area contributed by atoms with Gasteiger partial charge in [0.05, 0.1) is 38.4 Å². The highest BCUT2D eigenvalue weighted by atomic mass is 16.3. The monoisotopic (exact) mass is 301 g/mol. The summed E-state index contributed by atoms with van der Waals surface area (Å²) in [6.45, 7) is 6.27. The van der Waals surface area contributed by atoms with Gasteiger partial charge >= 0.3 is 0 Å². The Labute approximate surface area is 129 Å². The Kier molecular flexibility index (Phi) is 4.09. The molecule has 0 bridgehead atoms. The van der Waals surface area contributed by atoms with Crippen molar-refractivity contribution >= 4 is 11.6 Å². The third-order valence-corrected chi connectivity index (χ3v) is 4.64. The van der Waals surface area contributed by atoms with Gasteiger partial charge < -0.3 is 14.9 Å². The highest BCUT2D eigenvalue weighted by Crippen LogP contribution is 2.29. The zero-order chi connectivity index (χ0) is 15.7. The molecule has 1 aliphatic heterocycles. The van der Waals surface area contributed by atoms with E-state index < -0.39 is 0 Å². The molecule has 2 N–H and O–H groups in total. The largest absolute Gasteiger partial charge is 0.391 e. The van der Waals surface area contributed by atoms with Gasteiger partial charge in [-0.05, 0) is 6.92 Å². The number of aliphatic hydroxyl groups excluding tert-OH is 1. The summed E-state index contributed by atoms with van der Waals surface area (Å²) < 4.78 is 0. The van der Waals surface area contributed by atoms with Crippen LogP contribution < -0.4 is 4.90 Å². The molecule has 0 radical (unpaired) electrons. The number of benzene rings is 1. The molecule has 1 heterocycles. The lowest BCUT2D eigenvalue weighted by Crippen LogP contribution is -3.15. The molecule has 1 aromatic carbocycles. The van der Waals surface area contributed by atoms with Gasteiger partial charge in [-0.15, -0.1) is 0 Å². The van der Waals surface area contributed by atoms with E-state index >= 15 is 0 Å². The molecule has 2 aliphatic rings. The molecule has 116 valence electrons. The highest BCUT2D eigenvalue weighted by Gasteiger charge is 2.36. The lowest BCUT2D eigenvalue weighted by Gasteiger charge is -2.34. The van der Waals surface area contributed by atoms with Crippen molar-refractivity contribution in [1.82, 2.24) is 4.90 Å². The topological polar surface area (TPSA) is 62.0 Å². The molecule has 1 aromatic rings. The van der Waals surface area contributed by atoms with E-state index in [1.807, 2.05) is 6.92 Å². The van der Waals surface area contributed by atoms with Crippen LogP contribution in [0.4, 0.5) is 0 Å². The predicted octanol–water partition coefficient (Wildman–Crippen LogP) is -0.468. The van der Waals surface area contributed by atoms with Gasteiger partial charge in [-0.1, -0.05) is 24.3 Å². The molecule has 1 aliphatic carbocycles.